The van der Waals surface area contributed by atoms with E-state index in [0.717, 1.165) is 35.9 Å². The van der Waals surface area contributed by atoms with Gasteiger partial charge in [-0.25, -0.2) is 0 Å². The summed E-state index contributed by atoms with van der Waals surface area (Å²) >= 11 is 0. The first-order chi connectivity index (χ1) is 12.1. The Morgan fingerprint density at radius 2 is 2.12 bits per heavy atom. The van der Waals surface area contributed by atoms with Crippen LogP contribution in [0.15, 0.2) is 24.3 Å². The zero-order chi connectivity index (χ0) is 17.6. The molecule has 0 spiro atoms. The SMILES string of the molecule is C=C1CCC2C3CCc4cc(NC=O)c(C#CC)cc4C3CC[C@]12C. The van der Waals surface area contributed by atoms with E-state index in [9.17, 15) is 4.79 Å². The summed E-state index contributed by atoms with van der Waals surface area (Å²) in [6.07, 6.45) is 8.19. The second-order valence-electron chi connectivity index (χ2n) is 8.25. The smallest absolute Gasteiger partial charge is 0.211 e. The quantitative estimate of drug-likeness (QED) is 0.458. The van der Waals surface area contributed by atoms with Crippen LogP contribution < -0.4 is 5.32 Å². The van der Waals surface area contributed by atoms with Crippen LogP contribution in [0.4, 0.5) is 5.69 Å². The number of carbonyl (C=O) groups excluding carboxylic acids is 1. The number of anilines is 1. The molecule has 2 fully saturated rings. The van der Waals surface area contributed by atoms with E-state index in [1.54, 1.807) is 0 Å². The number of carbonyl (C=O) groups is 1. The number of amides is 1. The number of hydrogen-bond donors (Lipinski definition) is 1. The highest BCUT2D eigenvalue weighted by atomic mass is 16.1. The summed E-state index contributed by atoms with van der Waals surface area (Å²) in [5.41, 5.74) is 6.57. The van der Waals surface area contributed by atoms with Gasteiger partial charge in [-0.15, -0.1) is 5.92 Å². The molecule has 25 heavy (non-hydrogen) atoms. The van der Waals surface area contributed by atoms with Crippen molar-refractivity contribution in [3.05, 3.63) is 41.0 Å². The third kappa shape index (κ3) is 2.44. The van der Waals surface area contributed by atoms with Crippen molar-refractivity contribution >= 4 is 12.1 Å². The van der Waals surface area contributed by atoms with Crippen LogP contribution >= 0.6 is 0 Å². The predicted molar refractivity (Wildman–Crippen MR) is 102 cm³/mol. The normalized spacial score (nSPS) is 32.7. The van der Waals surface area contributed by atoms with Gasteiger partial charge in [0.15, 0.2) is 0 Å². The standard InChI is InChI=1S/C23H27NO/c1-4-5-17-12-20-16(13-22(17)24-14-25)7-8-19-18(20)10-11-23(3)15(2)6-9-21(19)23/h12-14,18-19,21H,2,6-11H2,1,3H3,(H,24,25)/t18?,19?,21?,23-/m1/s1. The van der Waals surface area contributed by atoms with Gasteiger partial charge in [-0.1, -0.05) is 25.0 Å². The lowest BCUT2D eigenvalue weighted by Crippen LogP contribution is -2.40. The van der Waals surface area contributed by atoms with Gasteiger partial charge in [-0.2, -0.15) is 0 Å². The van der Waals surface area contributed by atoms with Gasteiger partial charge in [0, 0.05) is 5.56 Å². The van der Waals surface area contributed by atoms with Crippen LogP contribution in [0.3, 0.4) is 0 Å². The molecule has 2 nitrogen and oxygen atoms in total. The Morgan fingerprint density at radius 1 is 1.28 bits per heavy atom. The third-order valence-electron chi connectivity index (χ3n) is 7.29. The van der Waals surface area contributed by atoms with Gasteiger partial charge in [0.2, 0.25) is 6.41 Å². The van der Waals surface area contributed by atoms with Crippen LogP contribution in [0.1, 0.15) is 68.6 Å². The summed E-state index contributed by atoms with van der Waals surface area (Å²) in [6.45, 7) is 8.72. The monoisotopic (exact) mass is 333 g/mol. The molecule has 1 aromatic rings. The number of fused-ring (bicyclic) bond motifs is 5. The van der Waals surface area contributed by atoms with Crippen molar-refractivity contribution in [3.8, 4) is 11.8 Å². The molecule has 3 aliphatic rings. The van der Waals surface area contributed by atoms with Crippen LogP contribution in [-0.2, 0) is 11.2 Å². The Bertz CT molecular complexity index is 796. The number of benzene rings is 1. The summed E-state index contributed by atoms with van der Waals surface area (Å²) in [4.78, 5) is 11.0. The molecular weight excluding hydrogens is 306 g/mol. The first kappa shape index (κ1) is 16.5. The Morgan fingerprint density at radius 3 is 2.88 bits per heavy atom. The second kappa shape index (κ2) is 6.06. The van der Waals surface area contributed by atoms with Crippen LogP contribution in [0, 0.1) is 29.1 Å². The lowest BCUT2D eigenvalue weighted by molar-refractivity contribution is -0.105. The maximum atomic E-state index is 11.0. The molecule has 2 saturated carbocycles. The van der Waals surface area contributed by atoms with Crippen molar-refractivity contribution in [3.63, 3.8) is 0 Å². The minimum atomic E-state index is 0.365. The number of aryl methyl sites for hydroxylation is 1. The summed E-state index contributed by atoms with van der Waals surface area (Å²) < 4.78 is 0. The summed E-state index contributed by atoms with van der Waals surface area (Å²) in [6, 6.07) is 4.43. The van der Waals surface area contributed by atoms with Crippen molar-refractivity contribution in [2.45, 2.75) is 58.3 Å². The molecular formula is C23H27NO. The Hall–Kier alpha value is -2.01. The fraction of sp³-hybridized carbons (Fsp3) is 0.522. The zero-order valence-electron chi connectivity index (χ0n) is 15.3. The molecule has 4 atom stereocenters. The minimum absolute atomic E-state index is 0.365. The molecule has 4 rings (SSSR count). The van der Waals surface area contributed by atoms with E-state index in [2.05, 4.69) is 42.8 Å². The Kier molecular flexibility index (Phi) is 3.99. The molecule has 130 valence electrons. The van der Waals surface area contributed by atoms with Gasteiger partial charge in [0.25, 0.3) is 0 Å². The maximum Gasteiger partial charge on any atom is 0.211 e. The molecule has 0 saturated heterocycles. The van der Waals surface area contributed by atoms with E-state index in [1.807, 2.05) is 6.92 Å². The lowest BCUT2D eigenvalue weighted by Gasteiger charge is -2.49. The highest BCUT2D eigenvalue weighted by molar-refractivity contribution is 5.77. The molecule has 1 aromatic carbocycles. The first-order valence-electron chi connectivity index (χ1n) is 9.56. The van der Waals surface area contributed by atoms with Gasteiger partial charge in [0.05, 0.1) is 5.69 Å². The van der Waals surface area contributed by atoms with E-state index >= 15 is 0 Å². The maximum absolute atomic E-state index is 11.0. The molecule has 1 N–H and O–H groups in total. The molecule has 2 heteroatoms. The number of nitrogens with one attached hydrogen (secondary N) is 1. The summed E-state index contributed by atoms with van der Waals surface area (Å²) in [5.74, 6) is 8.39. The average Bonchev–Trinajstić information content (AvgIpc) is 2.91. The van der Waals surface area contributed by atoms with Crippen LogP contribution in [0.2, 0.25) is 0 Å². The Balaban J connectivity index is 1.75. The van der Waals surface area contributed by atoms with Crippen LogP contribution in [0.5, 0.6) is 0 Å². The zero-order valence-corrected chi connectivity index (χ0v) is 15.3. The molecule has 3 unspecified atom stereocenters. The lowest BCUT2D eigenvalue weighted by atomic mass is 9.55. The van der Waals surface area contributed by atoms with Crippen molar-refractivity contribution in [2.75, 3.05) is 5.32 Å². The molecule has 1 amide bonds. The van der Waals surface area contributed by atoms with E-state index in [-0.39, 0.29) is 0 Å². The number of allylic oxidation sites excluding steroid dienone is 1. The number of hydrogen-bond acceptors (Lipinski definition) is 1. The summed E-state index contributed by atoms with van der Waals surface area (Å²) in [7, 11) is 0. The highest BCUT2D eigenvalue weighted by Gasteiger charge is 2.51. The molecule has 0 bridgehead atoms. The molecule has 3 aliphatic carbocycles. The van der Waals surface area contributed by atoms with E-state index in [0.29, 0.717) is 11.3 Å². The minimum Gasteiger partial charge on any atom is -0.328 e. The fourth-order valence-electron chi connectivity index (χ4n) is 5.95. The van der Waals surface area contributed by atoms with Gasteiger partial charge >= 0.3 is 0 Å². The van der Waals surface area contributed by atoms with E-state index < -0.39 is 0 Å². The largest absolute Gasteiger partial charge is 0.328 e. The van der Waals surface area contributed by atoms with Crippen molar-refractivity contribution < 1.29 is 4.79 Å². The van der Waals surface area contributed by atoms with Gasteiger partial charge in [-0.05, 0) is 91.9 Å². The van der Waals surface area contributed by atoms with Crippen molar-refractivity contribution in [1.29, 1.82) is 0 Å². The third-order valence-corrected chi connectivity index (χ3v) is 7.29. The topological polar surface area (TPSA) is 29.1 Å². The Labute approximate surface area is 151 Å². The first-order valence-corrected chi connectivity index (χ1v) is 9.56. The van der Waals surface area contributed by atoms with Gasteiger partial charge in [-0.3, -0.25) is 4.79 Å². The van der Waals surface area contributed by atoms with Crippen LogP contribution in [0.25, 0.3) is 0 Å². The van der Waals surface area contributed by atoms with Gasteiger partial charge in [0.1, 0.15) is 0 Å². The average molecular weight is 333 g/mol. The molecule has 0 aliphatic heterocycles. The predicted octanol–water partition coefficient (Wildman–Crippen LogP) is 5.04. The van der Waals surface area contributed by atoms with E-state index in [4.69, 9.17) is 0 Å². The molecule has 0 aromatic heterocycles. The second-order valence-corrected chi connectivity index (χ2v) is 8.25. The molecule has 0 heterocycles. The van der Waals surface area contributed by atoms with Crippen molar-refractivity contribution in [2.24, 2.45) is 17.3 Å². The van der Waals surface area contributed by atoms with Gasteiger partial charge < -0.3 is 5.32 Å². The fourth-order valence-corrected chi connectivity index (χ4v) is 5.95. The molecule has 0 radical (unpaired) electrons. The summed E-state index contributed by atoms with van der Waals surface area (Å²) in [5, 5.41) is 2.84. The van der Waals surface area contributed by atoms with Crippen molar-refractivity contribution in [1.82, 2.24) is 0 Å². The number of rotatable bonds is 2. The van der Waals surface area contributed by atoms with E-state index in [1.165, 1.54) is 48.8 Å². The van der Waals surface area contributed by atoms with Crippen LogP contribution in [-0.4, -0.2) is 6.41 Å². The highest BCUT2D eigenvalue weighted by Crippen LogP contribution is 2.62.